The maximum atomic E-state index is 13.7. The van der Waals surface area contributed by atoms with Crippen LogP contribution in [0, 0.1) is 12.7 Å². The molecule has 3 nitrogen and oxygen atoms in total. The van der Waals surface area contributed by atoms with Crippen LogP contribution < -0.4 is 11.3 Å². The standard InChI is InChI=1S/C13H14FN3/c1-9-4-2-3-5-10(9)13(17-15)11-6-7-16-8-12(11)14/h2-8,13,17H,15H2,1H3. The molecular formula is C13H14FN3. The SMILES string of the molecule is Cc1ccccc1C(NN)c1ccncc1F. The van der Waals surface area contributed by atoms with Crippen LogP contribution in [0.1, 0.15) is 22.7 Å². The summed E-state index contributed by atoms with van der Waals surface area (Å²) in [7, 11) is 0. The highest BCUT2D eigenvalue weighted by Gasteiger charge is 2.17. The molecule has 0 saturated carbocycles. The minimum Gasteiger partial charge on any atom is -0.271 e. The first-order valence-corrected chi connectivity index (χ1v) is 5.35. The molecule has 0 bridgehead atoms. The third kappa shape index (κ3) is 2.33. The van der Waals surface area contributed by atoms with Crippen molar-refractivity contribution in [3.05, 3.63) is 65.2 Å². The third-order valence-electron chi connectivity index (χ3n) is 2.78. The highest BCUT2D eigenvalue weighted by atomic mass is 19.1. The molecule has 1 aromatic heterocycles. The molecule has 0 aliphatic heterocycles. The van der Waals surface area contributed by atoms with Crippen molar-refractivity contribution in [2.24, 2.45) is 5.84 Å². The first-order chi connectivity index (χ1) is 8.24. The van der Waals surface area contributed by atoms with Gasteiger partial charge in [0.25, 0.3) is 0 Å². The number of hydrogen-bond donors (Lipinski definition) is 2. The van der Waals surface area contributed by atoms with Gasteiger partial charge in [0.1, 0.15) is 5.82 Å². The van der Waals surface area contributed by atoms with Gasteiger partial charge in [-0.3, -0.25) is 10.8 Å². The molecule has 2 rings (SSSR count). The Kier molecular flexibility index (Phi) is 3.46. The summed E-state index contributed by atoms with van der Waals surface area (Å²) in [4.78, 5) is 3.73. The molecule has 0 amide bonds. The van der Waals surface area contributed by atoms with Crippen molar-refractivity contribution in [3.63, 3.8) is 0 Å². The van der Waals surface area contributed by atoms with E-state index in [1.807, 2.05) is 31.2 Å². The van der Waals surface area contributed by atoms with Crippen molar-refractivity contribution in [1.29, 1.82) is 0 Å². The Morgan fingerprint density at radius 1 is 1.24 bits per heavy atom. The van der Waals surface area contributed by atoms with E-state index in [1.54, 1.807) is 12.3 Å². The Bertz CT molecular complexity index is 468. The number of nitrogens with one attached hydrogen (secondary N) is 1. The number of nitrogens with two attached hydrogens (primary N) is 1. The Labute approximate surface area is 99.5 Å². The maximum absolute atomic E-state index is 13.7. The second-order valence-electron chi connectivity index (χ2n) is 3.85. The van der Waals surface area contributed by atoms with Crippen molar-refractivity contribution in [1.82, 2.24) is 10.4 Å². The quantitative estimate of drug-likeness (QED) is 0.628. The molecule has 1 aromatic carbocycles. The molecule has 1 atom stereocenters. The molecule has 0 radical (unpaired) electrons. The van der Waals surface area contributed by atoms with Gasteiger partial charge >= 0.3 is 0 Å². The Morgan fingerprint density at radius 3 is 2.65 bits per heavy atom. The average Bonchev–Trinajstić information content (AvgIpc) is 2.34. The summed E-state index contributed by atoms with van der Waals surface area (Å²) in [6.07, 6.45) is 2.75. The van der Waals surface area contributed by atoms with Crippen molar-refractivity contribution in [3.8, 4) is 0 Å². The lowest BCUT2D eigenvalue weighted by Gasteiger charge is -2.19. The number of benzene rings is 1. The van der Waals surface area contributed by atoms with Gasteiger partial charge in [0.05, 0.1) is 12.2 Å². The zero-order valence-electron chi connectivity index (χ0n) is 9.52. The number of aryl methyl sites for hydroxylation is 1. The predicted molar refractivity (Wildman–Crippen MR) is 64.5 cm³/mol. The van der Waals surface area contributed by atoms with Crippen molar-refractivity contribution >= 4 is 0 Å². The van der Waals surface area contributed by atoms with Gasteiger partial charge in [-0.05, 0) is 24.1 Å². The summed E-state index contributed by atoms with van der Waals surface area (Å²) in [5, 5.41) is 0. The van der Waals surface area contributed by atoms with Crippen molar-refractivity contribution in [2.45, 2.75) is 13.0 Å². The van der Waals surface area contributed by atoms with Gasteiger partial charge < -0.3 is 0 Å². The zero-order valence-corrected chi connectivity index (χ0v) is 9.52. The van der Waals surface area contributed by atoms with Crippen LogP contribution in [0.2, 0.25) is 0 Å². The monoisotopic (exact) mass is 231 g/mol. The number of nitrogens with zero attached hydrogens (tertiary/aromatic N) is 1. The number of rotatable bonds is 3. The second-order valence-corrected chi connectivity index (χ2v) is 3.85. The summed E-state index contributed by atoms with van der Waals surface area (Å²) in [6, 6.07) is 9.02. The lowest BCUT2D eigenvalue weighted by Crippen LogP contribution is -2.30. The van der Waals surface area contributed by atoms with Crippen molar-refractivity contribution < 1.29 is 4.39 Å². The summed E-state index contributed by atoms with van der Waals surface area (Å²) in [5.41, 5.74) is 5.17. The van der Waals surface area contributed by atoms with E-state index >= 15 is 0 Å². The van der Waals surface area contributed by atoms with E-state index in [1.165, 1.54) is 6.20 Å². The molecule has 0 fully saturated rings. The fraction of sp³-hybridized carbons (Fsp3) is 0.154. The van der Waals surface area contributed by atoms with E-state index in [4.69, 9.17) is 5.84 Å². The average molecular weight is 231 g/mol. The molecule has 0 saturated heterocycles. The fourth-order valence-electron chi connectivity index (χ4n) is 1.88. The van der Waals surface area contributed by atoms with Gasteiger partial charge in [0.15, 0.2) is 0 Å². The first kappa shape index (κ1) is 11.7. The molecule has 88 valence electrons. The van der Waals surface area contributed by atoms with Gasteiger partial charge in [-0.2, -0.15) is 0 Å². The molecular weight excluding hydrogens is 217 g/mol. The molecule has 0 spiro atoms. The number of halogens is 1. The highest BCUT2D eigenvalue weighted by molar-refractivity contribution is 5.36. The Balaban J connectivity index is 2.48. The van der Waals surface area contributed by atoms with Crippen LogP contribution in [0.3, 0.4) is 0 Å². The van der Waals surface area contributed by atoms with Crippen LogP contribution in [0.25, 0.3) is 0 Å². The highest BCUT2D eigenvalue weighted by Crippen LogP contribution is 2.25. The molecule has 0 aliphatic carbocycles. The van der Waals surface area contributed by atoms with Crippen LogP contribution in [0.15, 0.2) is 42.7 Å². The first-order valence-electron chi connectivity index (χ1n) is 5.35. The number of aromatic nitrogens is 1. The lowest BCUT2D eigenvalue weighted by molar-refractivity contribution is 0.554. The van der Waals surface area contributed by atoms with E-state index in [-0.39, 0.29) is 11.9 Å². The normalized spacial score (nSPS) is 12.4. The summed E-state index contributed by atoms with van der Waals surface area (Å²) in [6.45, 7) is 1.97. The molecule has 0 aliphatic rings. The number of hydrogen-bond acceptors (Lipinski definition) is 3. The molecule has 17 heavy (non-hydrogen) atoms. The minimum absolute atomic E-state index is 0.362. The largest absolute Gasteiger partial charge is 0.271 e. The van der Waals surface area contributed by atoms with Gasteiger partial charge in [-0.25, -0.2) is 9.82 Å². The topological polar surface area (TPSA) is 50.9 Å². The molecule has 2 aromatic rings. The van der Waals surface area contributed by atoms with Crippen LogP contribution in [0.5, 0.6) is 0 Å². The van der Waals surface area contributed by atoms with Gasteiger partial charge in [-0.15, -0.1) is 0 Å². The van der Waals surface area contributed by atoms with Crippen LogP contribution in [-0.4, -0.2) is 4.98 Å². The Morgan fingerprint density at radius 2 is 2.00 bits per heavy atom. The van der Waals surface area contributed by atoms with E-state index in [0.717, 1.165) is 11.1 Å². The van der Waals surface area contributed by atoms with Crippen LogP contribution >= 0.6 is 0 Å². The number of pyridine rings is 1. The van der Waals surface area contributed by atoms with Crippen molar-refractivity contribution in [2.75, 3.05) is 0 Å². The number of hydrazine groups is 1. The summed E-state index contributed by atoms with van der Waals surface area (Å²) >= 11 is 0. The lowest BCUT2D eigenvalue weighted by atomic mass is 9.96. The summed E-state index contributed by atoms with van der Waals surface area (Å²) < 4.78 is 13.7. The maximum Gasteiger partial charge on any atom is 0.146 e. The van der Waals surface area contributed by atoms with Gasteiger partial charge in [-0.1, -0.05) is 24.3 Å². The Hall–Kier alpha value is -1.78. The minimum atomic E-state index is -0.362. The van der Waals surface area contributed by atoms with Gasteiger partial charge in [0, 0.05) is 11.8 Å². The summed E-state index contributed by atoms with van der Waals surface area (Å²) in [5.74, 6) is 5.18. The predicted octanol–water partition coefficient (Wildman–Crippen LogP) is 2.08. The molecule has 1 heterocycles. The van der Waals surface area contributed by atoms with E-state index in [0.29, 0.717) is 5.56 Å². The molecule has 1 unspecified atom stereocenters. The smallest absolute Gasteiger partial charge is 0.146 e. The van der Waals surface area contributed by atoms with E-state index in [9.17, 15) is 4.39 Å². The second kappa shape index (κ2) is 5.03. The van der Waals surface area contributed by atoms with Gasteiger partial charge in [0.2, 0.25) is 0 Å². The zero-order chi connectivity index (χ0) is 12.3. The molecule has 4 heteroatoms. The van der Waals surface area contributed by atoms with E-state index < -0.39 is 0 Å². The van der Waals surface area contributed by atoms with E-state index in [2.05, 4.69) is 10.4 Å². The van der Waals surface area contributed by atoms with Crippen LogP contribution in [-0.2, 0) is 0 Å². The van der Waals surface area contributed by atoms with Crippen LogP contribution in [0.4, 0.5) is 4.39 Å². The fourth-order valence-corrected chi connectivity index (χ4v) is 1.88. The molecule has 3 N–H and O–H groups in total. The third-order valence-corrected chi connectivity index (χ3v) is 2.78.